The highest BCUT2D eigenvalue weighted by Crippen LogP contribution is 2.07. The molecular weight excluding hydrogens is 224 g/mol. The van der Waals surface area contributed by atoms with Crippen LogP contribution < -0.4 is 5.32 Å². The standard InChI is InChI=1S/C15H24N2O/c1-4-5-13-6-8-14(9-7-13)15(18)12-17(3)11-10-16-2/h6-9,16H,4-5,10-12H2,1-3H3. The number of hydrogen-bond donors (Lipinski definition) is 1. The molecule has 1 N–H and O–H groups in total. The van der Waals surface area contributed by atoms with Crippen LogP contribution in [0.3, 0.4) is 0 Å². The van der Waals surface area contributed by atoms with Gasteiger partial charge in [0.05, 0.1) is 6.54 Å². The third kappa shape index (κ3) is 4.98. The van der Waals surface area contributed by atoms with Crippen molar-refractivity contribution in [3.05, 3.63) is 35.4 Å². The van der Waals surface area contributed by atoms with E-state index in [1.165, 1.54) is 5.56 Å². The molecule has 3 heteroatoms. The first-order valence-electron chi connectivity index (χ1n) is 6.62. The Morgan fingerprint density at radius 2 is 1.94 bits per heavy atom. The molecule has 0 fully saturated rings. The van der Waals surface area contributed by atoms with Gasteiger partial charge in [0.25, 0.3) is 0 Å². The van der Waals surface area contributed by atoms with Gasteiger partial charge >= 0.3 is 0 Å². The predicted octanol–water partition coefficient (Wildman–Crippen LogP) is 1.97. The number of ketones is 1. The van der Waals surface area contributed by atoms with E-state index in [-0.39, 0.29) is 5.78 Å². The molecule has 0 spiro atoms. The van der Waals surface area contributed by atoms with E-state index in [1.807, 2.05) is 31.1 Å². The summed E-state index contributed by atoms with van der Waals surface area (Å²) in [7, 11) is 3.89. The zero-order valence-electron chi connectivity index (χ0n) is 11.7. The topological polar surface area (TPSA) is 32.3 Å². The second-order valence-corrected chi connectivity index (χ2v) is 4.71. The molecule has 0 aliphatic rings. The zero-order valence-corrected chi connectivity index (χ0v) is 11.7. The van der Waals surface area contributed by atoms with Crippen LogP contribution in [0.4, 0.5) is 0 Å². The van der Waals surface area contributed by atoms with Crippen LogP contribution in [0.15, 0.2) is 24.3 Å². The quantitative estimate of drug-likeness (QED) is 0.714. The molecule has 0 radical (unpaired) electrons. The molecule has 0 heterocycles. The predicted molar refractivity (Wildman–Crippen MR) is 76.2 cm³/mol. The van der Waals surface area contributed by atoms with E-state index in [4.69, 9.17) is 0 Å². The number of benzene rings is 1. The Labute approximate surface area is 110 Å². The molecule has 0 saturated carbocycles. The molecule has 0 amide bonds. The van der Waals surface area contributed by atoms with Crippen LogP contribution in [-0.2, 0) is 6.42 Å². The van der Waals surface area contributed by atoms with Crippen LogP contribution >= 0.6 is 0 Å². The maximum Gasteiger partial charge on any atom is 0.176 e. The van der Waals surface area contributed by atoms with Crippen molar-refractivity contribution in [1.29, 1.82) is 0 Å². The second kappa shape index (κ2) is 8.01. The molecular formula is C15H24N2O. The largest absolute Gasteiger partial charge is 0.318 e. The van der Waals surface area contributed by atoms with E-state index in [0.717, 1.165) is 31.5 Å². The lowest BCUT2D eigenvalue weighted by molar-refractivity contribution is 0.0947. The minimum atomic E-state index is 0.191. The first kappa shape index (κ1) is 14.9. The van der Waals surface area contributed by atoms with Crippen molar-refractivity contribution < 1.29 is 4.79 Å². The number of rotatable bonds is 8. The molecule has 18 heavy (non-hydrogen) atoms. The number of nitrogens with zero attached hydrogens (tertiary/aromatic N) is 1. The molecule has 1 aromatic rings. The Bertz CT molecular complexity index is 359. The van der Waals surface area contributed by atoms with Crippen LogP contribution in [0.2, 0.25) is 0 Å². The normalized spacial score (nSPS) is 10.9. The van der Waals surface area contributed by atoms with Crippen molar-refractivity contribution in [3.8, 4) is 0 Å². The van der Waals surface area contributed by atoms with Crippen LogP contribution in [0.5, 0.6) is 0 Å². The van der Waals surface area contributed by atoms with Crippen molar-refractivity contribution in [1.82, 2.24) is 10.2 Å². The number of carbonyl (C=O) groups excluding carboxylic acids is 1. The summed E-state index contributed by atoms with van der Waals surface area (Å²) in [5, 5.41) is 3.08. The molecule has 0 atom stereocenters. The molecule has 0 aliphatic heterocycles. The lowest BCUT2D eigenvalue weighted by Crippen LogP contribution is -2.31. The van der Waals surface area contributed by atoms with E-state index in [1.54, 1.807) is 0 Å². The van der Waals surface area contributed by atoms with E-state index in [9.17, 15) is 4.79 Å². The monoisotopic (exact) mass is 248 g/mol. The number of nitrogens with one attached hydrogen (secondary N) is 1. The minimum absolute atomic E-state index is 0.191. The smallest absolute Gasteiger partial charge is 0.176 e. The lowest BCUT2D eigenvalue weighted by atomic mass is 10.1. The Morgan fingerprint density at radius 3 is 2.50 bits per heavy atom. The Morgan fingerprint density at radius 1 is 1.28 bits per heavy atom. The molecule has 0 unspecified atom stereocenters. The summed E-state index contributed by atoms with van der Waals surface area (Å²) >= 11 is 0. The van der Waals surface area contributed by atoms with E-state index >= 15 is 0 Å². The van der Waals surface area contributed by atoms with Gasteiger partial charge in [-0.05, 0) is 26.1 Å². The summed E-state index contributed by atoms with van der Waals surface area (Å²) < 4.78 is 0. The van der Waals surface area contributed by atoms with Gasteiger partial charge in [0.1, 0.15) is 0 Å². The van der Waals surface area contributed by atoms with Gasteiger partial charge in [0, 0.05) is 18.7 Å². The van der Waals surface area contributed by atoms with Gasteiger partial charge in [-0.15, -0.1) is 0 Å². The zero-order chi connectivity index (χ0) is 13.4. The second-order valence-electron chi connectivity index (χ2n) is 4.71. The first-order chi connectivity index (χ1) is 8.67. The average molecular weight is 248 g/mol. The van der Waals surface area contributed by atoms with Gasteiger partial charge in [-0.3, -0.25) is 9.69 Å². The fourth-order valence-corrected chi connectivity index (χ4v) is 1.86. The Balaban J connectivity index is 2.50. The fourth-order valence-electron chi connectivity index (χ4n) is 1.86. The van der Waals surface area contributed by atoms with Crippen molar-refractivity contribution in [3.63, 3.8) is 0 Å². The highest BCUT2D eigenvalue weighted by Gasteiger charge is 2.08. The molecule has 3 nitrogen and oxygen atoms in total. The third-order valence-electron chi connectivity index (χ3n) is 2.97. The van der Waals surface area contributed by atoms with Gasteiger partial charge in [-0.25, -0.2) is 0 Å². The molecule has 1 rings (SSSR count). The molecule has 1 aromatic carbocycles. The highest BCUT2D eigenvalue weighted by atomic mass is 16.1. The van der Waals surface area contributed by atoms with Crippen molar-refractivity contribution >= 4 is 5.78 Å². The van der Waals surface area contributed by atoms with Gasteiger partial charge in [-0.2, -0.15) is 0 Å². The molecule has 100 valence electrons. The number of hydrogen-bond acceptors (Lipinski definition) is 3. The fraction of sp³-hybridized carbons (Fsp3) is 0.533. The van der Waals surface area contributed by atoms with E-state index in [0.29, 0.717) is 6.54 Å². The molecule has 0 bridgehead atoms. The number of Topliss-reactive ketones (excluding diaryl/α,β-unsaturated/α-hetero) is 1. The third-order valence-corrected chi connectivity index (χ3v) is 2.97. The first-order valence-corrected chi connectivity index (χ1v) is 6.62. The summed E-state index contributed by atoms with van der Waals surface area (Å²) in [6.45, 7) is 4.43. The number of carbonyl (C=O) groups is 1. The van der Waals surface area contributed by atoms with Crippen molar-refractivity contribution in [2.75, 3.05) is 33.7 Å². The van der Waals surface area contributed by atoms with Gasteiger partial charge in [-0.1, -0.05) is 37.6 Å². The average Bonchev–Trinajstić information content (AvgIpc) is 2.37. The highest BCUT2D eigenvalue weighted by molar-refractivity contribution is 5.97. The summed E-state index contributed by atoms with van der Waals surface area (Å²) in [4.78, 5) is 14.1. The SMILES string of the molecule is CCCc1ccc(C(=O)CN(C)CCNC)cc1. The lowest BCUT2D eigenvalue weighted by Gasteiger charge is -2.15. The van der Waals surface area contributed by atoms with E-state index in [2.05, 4.69) is 24.4 Å². The summed E-state index contributed by atoms with van der Waals surface area (Å²) in [6, 6.07) is 8.01. The van der Waals surface area contributed by atoms with Crippen LogP contribution in [0.25, 0.3) is 0 Å². The molecule has 0 saturated heterocycles. The molecule has 0 aromatic heterocycles. The number of aryl methyl sites for hydroxylation is 1. The maximum absolute atomic E-state index is 12.0. The summed E-state index contributed by atoms with van der Waals surface area (Å²) in [5.74, 6) is 0.191. The van der Waals surface area contributed by atoms with Gasteiger partial charge in [0.2, 0.25) is 0 Å². The summed E-state index contributed by atoms with van der Waals surface area (Å²) in [5.41, 5.74) is 2.11. The van der Waals surface area contributed by atoms with Crippen LogP contribution in [-0.4, -0.2) is 44.4 Å². The van der Waals surface area contributed by atoms with Crippen molar-refractivity contribution in [2.45, 2.75) is 19.8 Å². The number of likely N-dealkylation sites (N-methyl/N-ethyl adjacent to an activating group) is 2. The van der Waals surface area contributed by atoms with Crippen LogP contribution in [0, 0.1) is 0 Å². The van der Waals surface area contributed by atoms with Gasteiger partial charge < -0.3 is 5.32 Å². The summed E-state index contributed by atoms with van der Waals surface area (Å²) in [6.07, 6.45) is 2.22. The van der Waals surface area contributed by atoms with E-state index < -0.39 is 0 Å². The van der Waals surface area contributed by atoms with Crippen LogP contribution in [0.1, 0.15) is 29.3 Å². The van der Waals surface area contributed by atoms with Crippen molar-refractivity contribution in [2.24, 2.45) is 0 Å². The molecule has 0 aliphatic carbocycles. The maximum atomic E-state index is 12.0. The van der Waals surface area contributed by atoms with Gasteiger partial charge in [0.15, 0.2) is 5.78 Å². The minimum Gasteiger partial charge on any atom is -0.318 e. The Kier molecular flexibility index (Phi) is 6.61. The Hall–Kier alpha value is -1.19.